The van der Waals surface area contributed by atoms with Gasteiger partial charge in [0.2, 0.25) is 0 Å². The molecule has 2 rings (SSSR count). The van der Waals surface area contributed by atoms with Crippen LogP contribution in [0.15, 0.2) is 35.3 Å². The van der Waals surface area contributed by atoms with Crippen LogP contribution in [0.25, 0.3) is 5.82 Å². The normalized spacial score (nSPS) is 12.9. The number of pyridine rings is 1. The minimum atomic E-state index is -0.0158. The van der Waals surface area contributed by atoms with E-state index in [0.29, 0.717) is 5.92 Å². The van der Waals surface area contributed by atoms with Crippen molar-refractivity contribution >= 4 is 15.9 Å². The number of hydrogen-bond donors (Lipinski definition) is 1. The van der Waals surface area contributed by atoms with Crippen molar-refractivity contribution in [3.63, 3.8) is 0 Å². The Morgan fingerprint density at radius 2 is 2.11 bits per heavy atom. The number of hydrogen-bond acceptors (Lipinski definition) is 3. The molecule has 0 aliphatic carbocycles. The van der Waals surface area contributed by atoms with Gasteiger partial charge in [0.05, 0.1) is 11.9 Å². The summed E-state index contributed by atoms with van der Waals surface area (Å²) in [6, 6.07) is 3.88. The monoisotopic (exact) mass is 308 g/mol. The quantitative estimate of drug-likeness (QED) is 0.944. The molecule has 0 bridgehead atoms. The molecule has 5 heteroatoms. The van der Waals surface area contributed by atoms with Crippen molar-refractivity contribution in [2.24, 2.45) is 11.7 Å². The maximum atomic E-state index is 6.21. The van der Waals surface area contributed by atoms with Crippen LogP contribution in [-0.4, -0.2) is 14.5 Å². The average Bonchev–Trinajstić information content (AvgIpc) is 2.78. The second kappa shape index (κ2) is 5.63. The Balaban J connectivity index is 2.29. The number of nitrogens with two attached hydrogens (primary N) is 1. The molecule has 0 aliphatic heterocycles. The number of nitrogens with zero attached hydrogens (tertiary/aromatic N) is 3. The zero-order valence-corrected chi connectivity index (χ0v) is 12.1. The lowest BCUT2D eigenvalue weighted by Gasteiger charge is -2.16. The number of imidazole rings is 1. The molecule has 0 fully saturated rings. The predicted molar refractivity (Wildman–Crippen MR) is 75.4 cm³/mol. The topological polar surface area (TPSA) is 56.7 Å². The third-order valence-corrected chi connectivity index (χ3v) is 3.20. The Bertz CT molecular complexity index is 504. The first-order valence-corrected chi connectivity index (χ1v) is 6.77. The molecule has 2 aromatic rings. The highest BCUT2D eigenvalue weighted by Gasteiger charge is 2.14. The van der Waals surface area contributed by atoms with E-state index in [2.05, 4.69) is 39.7 Å². The molecule has 2 heterocycles. The Morgan fingerprint density at radius 1 is 1.33 bits per heavy atom. The second-order valence-electron chi connectivity index (χ2n) is 4.76. The van der Waals surface area contributed by atoms with Crippen LogP contribution in [0.1, 0.15) is 32.0 Å². The van der Waals surface area contributed by atoms with Gasteiger partial charge in [0.1, 0.15) is 12.1 Å². The number of rotatable bonds is 4. The van der Waals surface area contributed by atoms with Gasteiger partial charge in [-0.05, 0) is 40.4 Å². The third kappa shape index (κ3) is 2.97. The molecule has 4 nitrogen and oxygen atoms in total. The van der Waals surface area contributed by atoms with Gasteiger partial charge in [-0.1, -0.05) is 13.8 Å². The molecule has 0 aliphatic rings. The van der Waals surface area contributed by atoms with Gasteiger partial charge in [-0.3, -0.25) is 4.57 Å². The molecular weight excluding hydrogens is 292 g/mol. The van der Waals surface area contributed by atoms with Gasteiger partial charge < -0.3 is 5.73 Å². The van der Waals surface area contributed by atoms with Crippen LogP contribution in [0.2, 0.25) is 0 Å². The van der Waals surface area contributed by atoms with Crippen LogP contribution in [0.3, 0.4) is 0 Å². The van der Waals surface area contributed by atoms with Crippen molar-refractivity contribution in [1.82, 2.24) is 14.5 Å². The highest BCUT2D eigenvalue weighted by Crippen LogP contribution is 2.21. The van der Waals surface area contributed by atoms with Crippen molar-refractivity contribution in [2.45, 2.75) is 26.3 Å². The van der Waals surface area contributed by atoms with Gasteiger partial charge in [0.25, 0.3) is 0 Å². The van der Waals surface area contributed by atoms with Gasteiger partial charge >= 0.3 is 0 Å². The summed E-state index contributed by atoms with van der Waals surface area (Å²) in [7, 11) is 0. The van der Waals surface area contributed by atoms with Crippen molar-refractivity contribution in [2.75, 3.05) is 0 Å². The molecule has 0 saturated carbocycles. The zero-order chi connectivity index (χ0) is 13.1. The summed E-state index contributed by atoms with van der Waals surface area (Å²) < 4.78 is 2.90. The molecule has 0 aromatic carbocycles. The van der Waals surface area contributed by atoms with Crippen LogP contribution in [0.4, 0.5) is 0 Å². The molecule has 1 atom stereocenters. The molecule has 0 radical (unpaired) electrons. The van der Waals surface area contributed by atoms with E-state index in [1.165, 1.54) is 0 Å². The van der Waals surface area contributed by atoms with Crippen LogP contribution in [0, 0.1) is 5.92 Å². The number of halogens is 1. The molecule has 0 spiro atoms. The van der Waals surface area contributed by atoms with Gasteiger partial charge in [-0.15, -0.1) is 0 Å². The summed E-state index contributed by atoms with van der Waals surface area (Å²) in [4.78, 5) is 8.54. The van der Waals surface area contributed by atoms with Gasteiger partial charge in [-0.25, -0.2) is 9.97 Å². The van der Waals surface area contributed by atoms with Crippen molar-refractivity contribution in [3.8, 4) is 5.82 Å². The Morgan fingerprint density at radius 3 is 2.72 bits per heavy atom. The van der Waals surface area contributed by atoms with Crippen LogP contribution in [-0.2, 0) is 0 Å². The third-order valence-electron chi connectivity index (χ3n) is 2.73. The first-order valence-electron chi connectivity index (χ1n) is 5.97. The highest BCUT2D eigenvalue weighted by molar-refractivity contribution is 9.10. The molecule has 18 heavy (non-hydrogen) atoms. The molecule has 96 valence electrons. The lowest BCUT2D eigenvalue weighted by Crippen LogP contribution is -2.17. The van der Waals surface area contributed by atoms with E-state index < -0.39 is 0 Å². The molecule has 0 saturated heterocycles. The fourth-order valence-electron chi connectivity index (χ4n) is 1.91. The second-order valence-corrected chi connectivity index (χ2v) is 5.67. The molecule has 1 unspecified atom stereocenters. The molecular formula is C13H17BrN4. The van der Waals surface area contributed by atoms with E-state index in [9.17, 15) is 0 Å². The Kier molecular flexibility index (Phi) is 4.14. The van der Waals surface area contributed by atoms with E-state index in [-0.39, 0.29) is 6.04 Å². The molecule has 2 N–H and O–H groups in total. The van der Waals surface area contributed by atoms with Crippen molar-refractivity contribution in [3.05, 3.63) is 41.0 Å². The van der Waals surface area contributed by atoms with E-state index in [4.69, 9.17) is 5.73 Å². The lowest BCUT2D eigenvalue weighted by atomic mass is 10.0. The summed E-state index contributed by atoms with van der Waals surface area (Å²) >= 11 is 3.38. The summed E-state index contributed by atoms with van der Waals surface area (Å²) in [5.74, 6) is 1.39. The molecule has 2 aromatic heterocycles. The summed E-state index contributed by atoms with van der Waals surface area (Å²) in [6.07, 6.45) is 6.28. The minimum absolute atomic E-state index is 0.0158. The van der Waals surface area contributed by atoms with Gasteiger partial charge in [0, 0.05) is 16.7 Å². The predicted octanol–water partition coefficient (Wildman–Crippen LogP) is 3.08. The first-order chi connectivity index (χ1) is 8.58. The summed E-state index contributed by atoms with van der Waals surface area (Å²) in [5.41, 5.74) is 7.21. The lowest BCUT2D eigenvalue weighted by molar-refractivity contribution is 0.497. The maximum Gasteiger partial charge on any atom is 0.138 e. The SMILES string of the molecule is CC(C)CC(N)c1cncn1-c1ccc(Br)cn1. The summed E-state index contributed by atoms with van der Waals surface area (Å²) in [6.45, 7) is 4.33. The van der Waals surface area contributed by atoms with E-state index in [0.717, 1.165) is 22.4 Å². The molecule has 0 amide bonds. The largest absolute Gasteiger partial charge is 0.323 e. The van der Waals surface area contributed by atoms with Crippen molar-refractivity contribution < 1.29 is 0 Å². The maximum absolute atomic E-state index is 6.21. The van der Waals surface area contributed by atoms with E-state index in [1.54, 1.807) is 12.5 Å². The number of aromatic nitrogens is 3. The Labute approximate surface area is 115 Å². The van der Waals surface area contributed by atoms with Gasteiger partial charge in [-0.2, -0.15) is 0 Å². The first kappa shape index (κ1) is 13.2. The standard InChI is InChI=1S/C13H17BrN4/c1-9(2)5-11(15)12-7-16-8-18(12)13-4-3-10(14)6-17-13/h3-4,6-9,11H,5,15H2,1-2H3. The fourth-order valence-corrected chi connectivity index (χ4v) is 2.14. The van der Waals surface area contributed by atoms with Gasteiger partial charge in [0.15, 0.2) is 0 Å². The zero-order valence-electron chi connectivity index (χ0n) is 10.5. The minimum Gasteiger partial charge on any atom is -0.323 e. The Hall–Kier alpha value is -1.20. The highest BCUT2D eigenvalue weighted by atomic mass is 79.9. The van der Waals surface area contributed by atoms with Crippen LogP contribution < -0.4 is 5.73 Å². The van der Waals surface area contributed by atoms with E-state index >= 15 is 0 Å². The van der Waals surface area contributed by atoms with E-state index in [1.807, 2.05) is 22.9 Å². The van der Waals surface area contributed by atoms with Crippen LogP contribution >= 0.6 is 15.9 Å². The fraction of sp³-hybridized carbons (Fsp3) is 0.385. The summed E-state index contributed by atoms with van der Waals surface area (Å²) in [5, 5.41) is 0. The average molecular weight is 309 g/mol. The van der Waals surface area contributed by atoms with Crippen LogP contribution in [0.5, 0.6) is 0 Å². The smallest absolute Gasteiger partial charge is 0.138 e. The van der Waals surface area contributed by atoms with Crippen molar-refractivity contribution in [1.29, 1.82) is 0 Å².